The number of ether oxygens (including phenoxy) is 2. The van der Waals surface area contributed by atoms with E-state index in [0.717, 1.165) is 7.11 Å². The van der Waals surface area contributed by atoms with Crippen molar-refractivity contribution in [2.24, 2.45) is 0 Å². The highest BCUT2D eigenvalue weighted by Gasteiger charge is 2.36. The molecule has 0 aliphatic rings. The molecule has 8 heteroatoms. The molecule has 0 spiro atoms. The molecule has 0 fully saturated rings. The van der Waals surface area contributed by atoms with Gasteiger partial charge >= 0.3 is 12.1 Å². The average Bonchev–Trinajstić information content (AvgIpc) is 2.20. The van der Waals surface area contributed by atoms with Crippen molar-refractivity contribution in [1.29, 1.82) is 0 Å². The fourth-order valence-corrected chi connectivity index (χ4v) is 0.991. The van der Waals surface area contributed by atoms with Crippen LogP contribution in [0.3, 0.4) is 0 Å². The zero-order valence-corrected chi connectivity index (χ0v) is 10.6. The second-order valence-corrected chi connectivity index (χ2v) is 4.47. The standard InChI is InChI=1S/C10H17F2NO5/c1-10(2,3)18-9(16)13-5(7(11)12)6(14)8(15)17-4/h5-7,14H,1-4H3,(H,13,16)/t5-,6-/m1/s1. The summed E-state index contributed by atoms with van der Waals surface area (Å²) in [7, 11) is 0.932. The first-order valence-electron chi connectivity index (χ1n) is 5.12. The maximum atomic E-state index is 12.6. The number of alkyl halides is 2. The third-order valence-corrected chi connectivity index (χ3v) is 1.74. The molecular weight excluding hydrogens is 252 g/mol. The van der Waals surface area contributed by atoms with Gasteiger partial charge in [0, 0.05) is 0 Å². The van der Waals surface area contributed by atoms with Gasteiger partial charge < -0.3 is 19.9 Å². The minimum atomic E-state index is -3.15. The second kappa shape index (κ2) is 6.48. The van der Waals surface area contributed by atoms with Crippen molar-refractivity contribution in [3.8, 4) is 0 Å². The summed E-state index contributed by atoms with van der Waals surface area (Å²) in [6.45, 7) is 4.63. The third kappa shape index (κ3) is 5.76. The van der Waals surface area contributed by atoms with Crippen molar-refractivity contribution >= 4 is 12.1 Å². The van der Waals surface area contributed by atoms with Crippen LogP contribution in [0.25, 0.3) is 0 Å². The number of aliphatic hydroxyl groups is 1. The molecule has 0 rings (SSSR count). The van der Waals surface area contributed by atoms with Gasteiger partial charge in [-0.15, -0.1) is 0 Å². The van der Waals surface area contributed by atoms with E-state index < -0.39 is 36.2 Å². The molecule has 0 radical (unpaired) electrons. The zero-order chi connectivity index (χ0) is 14.5. The van der Waals surface area contributed by atoms with Crippen LogP contribution in [0, 0.1) is 0 Å². The van der Waals surface area contributed by atoms with Crippen LogP contribution in [0.15, 0.2) is 0 Å². The monoisotopic (exact) mass is 269 g/mol. The highest BCUT2D eigenvalue weighted by Crippen LogP contribution is 2.11. The molecule has 0 heterocycles. The van der Waals surface area contributed by atoms with Crippen LogP contribution in [-0.4, -0.2) is 48.5 Å². The Morgan fingerprint density at radius 3 is 2.11 bits per heavy atom. The summed E-state index contributed by atoms with van der Waals surface area (Å²) in [4.78, 5) is 22.2. The molecule has 106 valence electrons. The minimum Gasteiger partial charge on any atom is -0.467 e. The Bertz CT molecular complexity index is 303. The SMILES string of the molecule is COC(=O)[C@H](O)[C@@H](NC(=O)OC(C)(C)C)C(F)F. The number of alkyl carbamates (subject to hydrolysis) is 1. The maximum absolute atomic E-state index is 12.6. The number of carbonyl (C=O) groups is 2. The lowest BCUT2D eigenvalue weighted by Crippen LogP contribution is -2.52. The summed E-state index contributed by atoms with van der Waals surface area (Å²) in [6.07, 6.45) is -6.47. The molecule has 2 atom stereocenters. The van der Waals surface area contributed by atoms with Gasteiger partial charge in [0.2, 0.25) is 0 Å². The lowest BCUT2D eigenvalue weighted by atomic mass is 10.1. The Balaban J connectivity index is 4.64. The molecule has 0 aliphatic heterocycles. The van der Waals surface area contributed by atoms with Crippen LogP contribution < -0.4 is 5.32 Å². The summed E-state index contributed by atoms with van der Waals surface area (Å²) >= 11 is 0. The van der Waals surface area contributed by atoms with E-state index in [1.807, 2.05) is 0 Å². The highest BCUT2D eigenvalue weighted by molar-refractivity contribution is 5.77. The number of rotatable bonds is 4. The summed E-state index contributed by atoms with van der Waals surface area (Å²) < 4.78 is 34.0. The van der Waals surface area contributed by atoms with Gasteiger partial charge in [-0.25, -0.2) is 18.4 Å². The number of esters is 1. The normalized spacial score (nSPS) is 14.9. The number of methoxy groups -OCH3 is 1. The van der Waals surface area contributed by atoms with E-state index in [1.54, 1.807) is 26.1 Å². The molecular formula is C10H17F2NO5. The first-order chi connectivity index (χ1) is 8.08. The van der Waals surface area contributed by atoms with Crippen LogP contribution in [0.1, 0.15) is 20.8 Å². The largest absolute Gasteiger partial charge is 0.467 e. The van der Waals surface area contributed by atoms with Gasteiger partial charge in [0.05, 0.1) is 7.11 Å². The zero-order valence-electron chi connectivity index (χ0n) is 10.6. The summed E-state index contributed by atoms with van der Waals surface area (Å²) in [5.74, 6) is -1.27. The van der Waals surface area contributed by atoms with Crippen molar-refractivity contribution < 1.29 is 33.0 Å². The van der Waals surface area contributed by atoms with E-state index in [0.29, 0.717) is 0 Å². The van der Waals surface area contributed by atoms with Crippen LogP contribution in [-0.2, 0) is 14.3 Å². The molecule has 0 aliphatic carbocycles. The number of carbonyl (C=O) groups excluding carboxylic acids is 2. The first-order valence-corrected chi connectivity index (χ1v) is 5.12. The maximum Gasteiger partial charge on any atom is 0.408 e. The lowest BCUT2D eigenvalue weighted by Gasteiger charge is -2.25. The number of hydrogen-bond donors (Lipinski definition) is 2. The van der Waals surface area contributed by atoms with E-state index in [4.69, 9.17) is 4.74 Å². The topological polar surface area (TPSA) is 84.9 Å². The molecule has 0 bridgehead atoms. The second-order valence-electron chi connectivity index (χ2n) is 4.47. The molecule has 0 saturated heterocycles. The lowest BCUT2D eigenvalue weighted by molar-refractivity contribution is -0.154. The quantitative estimate of drug-likeness (QED) is 0.733. The highest BCUT2D eigenvalue weighted by atomic mass is 19.3. The van der Waals surface area contributed by atoms with Crippen molar-refractivity contribution in [2.45, 2.75) is 44.9 Å². The van der Waals surface area contributed by atoms with Crippen molar-refractivity contribution in [1.82, 2.24) is 5.32 Å². The van der Waals surface area contributed by atoms with Gasteiger partial charge in [-0.3, -0.25) is 0 Å². The van der Waals surface area contributed by atoms with Gasteiger partial charge in [-0.05, 0) is 20.8 Å². The van der Waals surface area contributed by atoms with E-state index in [-0.39, 0.29) is 0 Å². The Morgan fingerprint density at radius 2 is 1.78 bits per heavy atom. The van der Waals surface area contributed by atoms with E-state index in [9.17, 15) is 23.5 Å². The fourth-order valence-electron chi connectivity index (χ4n) is 0.991. The molecule has 0 unspecified atom stereocenters. The van der Waals surface area contributed by atoms with Crippen LogP contribution >= 0.6 is 0 Å². The van der Waals surface area contributed by atoms with Gasteiger partial charge in [0.1, 0.15) is 11.6 Å². The number of hydrogen-bond acceptors (Lipinski definition) is 5. The Labute approximate surface area is 103 Å². The predicted molar refractivity (Wildman–Crippen MR) is 57.2 cm³/mol. The van der Waals surface area contributed by atoms with E-state index in [2.05, 4.69) is 4.74 Å². The predicted octanol–water partition coefficient (Wildman–Crippen LogP) is 0.679. The van der Waals surface area contributed by atoms with E-state index in [1.165, 1.54) is 0 Å². The molecule has 18 heavy (non-hydrogen) atoms. The molecule has 0 aromatic heterocycles. The van der Waals surface area contributed by atoms with Crippen molar-refractivity contribution in [3.05, 3.63) is 0 Å². The fraction of sp³-hybridized carbons (Fsp3) is 0.800. The van der Waals surface area contributed by atoms with Crippen LogP contribution in [0.5, 0.6) is 0 Å². The smallest absolute Gasteiger partial charge is 0.408 e. The summed E-state index contributed by atoms with van der Waals surface area (Å²) in [5.41, 5.74) is -0.882. The molecule has 1 amide bonds. The number of aliphatic hydroxyl groups excluding tert-OH is 1. The van der Waals surface area contributed by atoms with Gasteiger partial charge in [-0.2, -0.15) is 0 Å². The molecule has 0 aromatic carbocycles. The van der Waals surface area contributed by atoms with E-state index >= 15 is 0 Å². The number of amides is 1. The molecule has 6 nitrogen and oxygen atoms in total. The Hall–Kier alpha value is -1.44. The van der Waals surface area contributed by atoms with Crippen LogP contribution in [0.4, 0.5) is 13.6 Å². The summed E-state index contributed by atoms with van der Waals surface area (Å²) in [6, 6.07) is -2.09. The summed E-state index contributed by atoms with van der Waals surface area (Å²) in [5, 5.41) is 11.0. The Kier molecular flexibility index (Phi) is 5.96. The minimum absolute atomic E-state index is 0.882. The van der Waals surface area contributed by atoms with Gasteiger partial charge in [0.25, 0.3) is 6.43 Å². The van der Waals surface area contributed by atoms with Gasteiger partial charge in [-0.1, -0.05) is 0 Å². The Morgan fingerprint density at radius 1 is 1.28 bits per heavy atom. The number of halogens is 2. The first kappa shape index (κ1) is 16.6. The molecule has 0 saturated carbocycles. The van der Waals surface area contributed by atoms with Crippen LogP contribution in [0.2, 0.25) is 0 Å². The molecule has 0 aromatic rings. The van der Waals surface area contributed by atoms with Crippen molar-refractivity contribution in [3.63, 3.8) is 0 Å². The van der Waals surface area contributed by atoms with Gasteiger partial charge in [0.15, 0.2) is 6.10 Å². The third-order valence-electron chi connectivity index (χ3n) is 1.74. The molecule has 2 N–H and O–H groups in total. The van der Waals surface area contributed by atoms with Crippen molar-refractivity contribution in [2.75, 3.05) is 7.11 Å². The number of nitrogens with one attached hydrogen (secondary N) is 1. The average molecular weight is 269 g/mol.